The fraction of sp³-hybridized carbons (Fsp3) is 0.235. The molecule has 0 aliphatic heterocycles. The third-order valence-electron chi connectivity index (χ3n) is 3.82. The second-order valence-corrected chi connectivity index (χ2v) is 7.55. The van der Waals surface area contributed by atoms with Crippen molar-refractivity contribution in [3.8, 4) is 11.8 Å². The van der Waals surface area contributed by atoms with E-state index in [0.717, 1.165) is 11.6 Å². The Hall–Kier alpha value is -2.96. The number of sulfone groups is 1. The van der Waals surface area contributed by atoms with Crippen LogP contribution in [-0.4, -0.2) is 25.6 Å². The van der Waals surface area contributed by atoms with E-state index in [2.05, 4.69) is 0 Å². The van der Waals surface area contributed by atoms with Gasteiger partial charge in [-0.3, -0.25) is 10.1 Å². The fourth-order valence-corrected chi connectivity index (χ4v) is 3.94. The van der Waals surface area contributed by atoms with Crippen molar-refractivity contribution in [1.29, 1.82) is 5.26 Å². The van der Waals surface area contributed by atoms with E-state index in [1.807, 2.05) is 0 Å². The summed E-state index contributed by atoms with van der Waals surface area (Å²) in [6, 6.07) is 9.84. The summed E-state index contributed by atoms with van der Waals surface area (Å²) in [6.45, 7) is 1.18. The van der Waals surface area contributed by atoms with Gasteiger partial charge in [0.05, 0.1) is 29.6 Å². The van der Waals surface area contributed by atoms with Gasteiger partial charge in [0, 0.05) is 11.6 Å². The standard InChI is InChI=1S/C17H16N2O6S/c1-11-3-5-14(6-4-11)26(23,24)16(9-18)12-7-13(10-20)17(25-2)15(8-12)19(21)22/h3-8,16,20H,10H2,1-2H3. The molecule has 2 rings (SSSR count). The lowest BCUT2D eigenvalue weighted by atomic mass is 10.1. The van der Waals surface area contributed by atoms with E-state index in [4.69, 9.17) is 4.74 Å². The number of hydrogen-bond acceptors (Lipinski definition) is 7. The lowest BCUT2D eigenvalue weighted by Gasteiger charge is -2.14. The molecule has 8 nitrogen and oxygen atoms in total. The number of aliphatic hydroxyl groups is 1. The largest absolute Gasteiger partial charge is 0.490 e. The molecule has 0 aliphatic rings. The van der Waals surface area contributed by atoms with Gasteiger partial charge in [0.1, 0.15) is 0 Å². The molecule has 0 amide bonds. The number of hydrogen-bond donors (Lipinski definition) is 1. The number of nitro benzene ring substituents is 1. The van der Waals surface area contributed by atoms with Crippen LogP contribution in [0.3, 0.4) is 0 Å². The van der Waals surface area contributed by atoms with Crippen molar-refractivity contribution >= 4 is 15.5 Å². The highest BCUT2D eigenvalue weighted by Gasteiger charge is 2.32. The van der Waals surface area contributed by atoms with E-state index in [-0.39, 0.29) is 21.8 Å². The summed E-state index contributed by atoms with van der Waals surface area (Å²) in [5.41, 5.74) is 0.245. The summed E-state index contributed by atoms with van der Waals surface area (Å²) in [5.74, 6) is -0.175. The maximum absolute atomic E-state index is 12.8. The lowest BCUT2D eigenvalue weighted by molar-refractivity contribution is -0.385. The number of aliphatic hydroxyl groups excluding tert-OH is 1. The van der Waals surface area contributed by atoms with Crippen LogP contribution in [0.5, 0.6) is 5.75 Å². The van der Waals surface area contributed by atoms with Gasteiger partial charge in [0.15, 0.2) is 15.1 Å². The van der Waals surface area contributed by atoms with Gasteiger partial charge in [0.2, 0.25) is 5.75 Å². The van der Waals surface area contributed by atoms with Gasteiger partial charge in [0.25, 0.3) is 0 Å². The monoisotopic (exact) mass is 376 g/mol. The predicted octanol–water partition coefficient (Wildman–Crippen LogP) is 2.44. The molecular formula is C17H16N2O6S. The first-order valence-electron chi connectivity index (χ1n) is 7.42. The van der Waals surface area contributed by atoms with E-state index in [1.165, 1.54) is 25.3 Å². The summed E-state index contributed by atoms with van der Waals surface area (Å²) >= 11 is 0. The van der Waals surface area contributed by atoms with Crippen molar-refractivity contribution < 1.29 is 23.2 Å². The molecule has 0 heterocycles. The molecule has 0 saturated carbocycles. The molecule has 0 saturated heterocycles. The van der Waals surface area contributed by atoms with Crippen LogP contribution in [0.15, 0.2) is 41.3 Å². The minimum absolute atomic E-state index is 0.0241. The predicted molar refractivity (Wildman–Crippen MR) is 92.3 cm³/mol. The maximum Gasteiger partial charge on any atom is 0.311 e. The summed E-state index contributed by atoms with van der Waals surface area (Å²) in [4.78, 5) is 10.5. The Balaban J connectivity index is 2.67. The van der Waals surface area contributed by atoms with Crippen LogP contribution >= 0.6 is 0 Å². The molecule has 136 valence electrons. The minimum atomic E-state index is -4.11. The number of aryl methyl sites for hydroxylation is 1. The van der Waals surface area contributed by atoms with Gasteiger partial charge in [-0.2, -0.15) is 5.26 Å². The summed E-state index contributed by atoms with van der Waals surface area (Å²) in [7, 11) is -2.91. The van der Waals surface area contributed by atoms with Crippen molar-refractivity contribution in [3.63, 3.8) is 0 Å². The lowest BCUT2D eigenvalue weighted by Crippen LogP contribution is -2.13. The molecule has 9 heteroatoms. The van der Waals surface area contributed by atoms with Gasteiger partial charge in [-0.05, 0) is 30.7 Å². The number of nitrogens with zero attached hydrogens (tertiary/aromatic N) is 2. The molecule has 0 fully saturated rings. The molecule has 0 spiro atoms. The third-order valence-corrected chi connectivity index (χ3v) is 5.75. The molecule has 2 aromatic carbocycles. The number of rotatable bonds is 6. The molecule has 1 unspecified atom stereocenters. The van der Waals surface area contributed by atoms with Gasteiger partial charge in [-0.15, -0.1) is 0 Å². The topological polar surface area (TPSA) is 131 Å². The van der Waals surface area contributed by atoms with Crippen molar-refractivity contribution in [2.45, 2.75) is 23.7 Å². The molecule has 0 bridgehead atoms. The van der Waals surface area contributed by atoms with Crippen LogP contribution in [0.2, 0.25) is 0 Å². The van der Waals surface area contributed by atoms with Crippen LogP contribution in [0.1, 0.15) is 21.9 Å². The first-order valence-corrected chi connectivity index (χ1v) is 8.97. The van der Waals surface area contributed by atoms with E-state index in [0.29, 0.717) is 0 Å². The van der Waals surface area contributed by atoms with Crippen LogP contribution in [-0.2, 0) is 16.4 Å². The van der Waals surface area contributed by atoms with Crippen LogP contribution in [0, 0.1) is 28.4 Å². The van der Waals surface area contributed by atoms with Crippen molar-refractivity contribution in [1.82, 2.24) is 0 Å². The van der Waals surface area contributed by atoms with Gasteiger partial charge < -0.3 is 9.84 Å². The average Bonchev–Trinajstić information content (AvgIpc) is 2.61. The molecule has 2 aromatic rings. The normalized spacial score (nSPS) is 12.2. The van der Waals surface area contributed by atoms with Crippen LogP contribution in [0.25, 0.3) is 0 Å². The Bertz CT molecular complexity index is 978. The maximum atomic E-state index is 12.8. The van der Waals surface area contributed by atoms with E-state index in [1.54, 1.807) is 25.1 Å². The van der Waals surface area contributed by atoms with E-state index >= 15 is 0 Å². The summed E-state index contributed by atoms with van der Waals surface area (Å²) in [6.07, 6.45) is 0. The van der Waals surface area contributed by atoms with Gasteiger partial charge in [-0.1, -0.05) is 17.7 Å². The van der Waals surface area contributed by atoms with Crippen LogP contribution < -0.4 is 4.74 Å². The zero-order valence-corrected chi connectivity index (χ0v) is 14.9. The first-order chi connectivity index (χ1) is 12.3. The Morgan fingerprint density at radius 1 is 1.31 bits per heavy atom. The molecule has 1 atom stereocenters. The molecule has 1 N–H and O–H groups in total. The zero-order chi connectivity index (χ0) is 19.5. The fourth-order valence-electron chi connectivity index (χ4n) is 2.52. The highest BCUT2D eigenvalue weighted by molar-refractivity contribution is 7.92. The number of methoxy groups -OCH3 is 1. The van der Waals surface area contributed by atoms with E-state index < -0.39 is 32.3 Å². The molecule has 0 aromatic heterocycles. The Labute approximate surface area is 150 Å². The van der Waals surface area contributed by atoms with Crippen molar-refractivity contribution in [2.24, 2.45) is 0 Å². The number of benzene rings is 2. The first kappa shape index (κ1) is 19.4. The molecule has 26 heavy (non-hydrogen) atoms. The highest BCUT2D eigenvalue weighted by Crippen LogP contribution is 2.37. The second kappa shape index (κ2) is 7.51. The highest BCUT2D eigenvalue weighted by atomic mass is 32.2. The minimum Gasteiger partial charge on any atom is -0.490 e. The third kappa shape index (κ3) is 3.51. The zero-order valence-electron chi connectivity index (χ0n) is 14.0. The number of nitriles is 1. The van der Waals surface area contributed by atoms with E-state index in [9.17, 15) is 28.9 Å². The van der Waals surface area contributed by atoms with Crippen molar-refractivity contribution in [2.75, 3.05) is 7.11 Å². The SMILES string of the molecule is COc1c(CO)cc(C(C#N)S(=O)(=O)c2ccc(C)cc2)cc1[N+](=O)[O-]. The molecule has 0 aliphatic carbocycles. The summed E-state index contributed by atoms with van der Waals surface area (Å²) < 4.78 is 30.6. The van der Waals surface area contributed by atoms with Gasteiger partial charge >= 0.3 is 5.69 Å². The number of nitro groups is 1. The quantitative estimate of drug-likeness (QED) is 0.605. The summed E-state index contributed by atoms with van der Waals surface area (Å²) in [5, 5.41) is 28.5. The molecule has 0 radical (unpaired) electrons. The Morgan fingerprint density at radius 3 is 2.38 bits per heavy atom. The smallest absolute Gasteiger partial charge is 0.311 e. The molecular weight excluding hydrogens is 360 g/mol. The van der Waals surface area contributed by atoms with Crippen LogP contribution in [0.4, 0.5) is 5.69 Å². The second-order valence-electron chi connectivity index (χ2n) is 5.51. The Morgan fingerprint density at radius 2 is 1.92 bits per heavy atom. The van der Waals surface area contributed by atoms with Crippen molar-refractivity contribution in [3.05, 3.63) is 63.2 Å². The number of ether oxygens (including phenoxy) is 1. The Kier molecular flexibility index (Phi) is 5.59. The van der Waals surface area contributed by atoms with Gasteiger partial charge in [-0.25, -0.2) is 8.42 Å². The average molecular weight is 376 g/mol.